The minimum Gasteiger partial charge on any atom is -0.368 e. The Kier molecular flexibility index (Phi) is 6.05. The number of benzene rings is 1. The smallest absolute Gasteiger partial charge is 0.251 e. The van der Waals surface area contributed by atoms with Crippen molar-refractivity contribution in [2.45, 2.75) is 19.8 Å². The van der Waals surface area contributed by atoms with Crippen LogP contribution < -0.4 is 15.5 Å². The molecule has 1 aliphatic rings. The average molecular weight is 408 g/mol. The zero-order valence-electron chi connectivity index (χ0n) is 16.5. The van der Waals surface area contributed by atoms with Crippen LogP contribution in [-0.2, 0) is 0 Å². The molecular formula is C22H25N5OS. The lowest BCUT2D eigenvalue weighted by atomic mass is 10.1. The number of nitrogens with zero attached hydrogens (tertiary/aromatic N) is 3. The van der Waals surface area contributed by atoms with E-state index in [1.165, 1.54) is 17.7 Å². The van der Waals surface area contributed by atoms with E-state index < -0.39 is 0 Å². The molecule has 2 N–H and O–H groups in total. The third-order valence-electron chi connectivity index (χ3n) is 4.92. The van der Waals surface area contributed by atoms with Crippen molar-refractivity contribution >= 4 is 28.9 Å². The Labute approximate surface area is 175 Å². The third-order valence-corrected chi connectivity index (χ3v) is 5.84. The molecule has 4 rings (SSSR count). The van der Waals surface area contributed by atoms with Crippen LogP contribution in [0, 0.1) is 6.92 Å². The molecule has 0 radical (unpaired) electrons. The van der Waals surface area contributed by atoms with E-state index in [-0.39, 0.29) is 5.91 Å². The predicted octanol–water partition coefficient (Wildman–Crippen LogP) is 3.96. The van der Waals surface area contributed by atoms with E-state index in [2.05, 4.69) is 36.9 Å². The van der Waals surface area contributed by atoms with Crippen molar-refractivity contribution in [3.63, 3.8) is 0 Å². The largest absolute Gasteiger partial charge is 0.368 e. The van der Waals surface area contributed by atoms with Crippen LogP contribution in [-0.4, -0.2) is 42.1 Å². The molecule has 0 aliphatic carbocycles. The van der Waals surface area contributed by atoms with Gasteiger partial charge in [-0.05, 0) is 48.9 Å². The highest BCUT2D eigenvalue weighted by Gasteiger charge is 2.15. The van der Waals surface area contributed by atoms with E-state index in [1.807, 2.05) is 43.3 Å². The van der Waals surface area contributed by atoms with E-state index in [4.69, 9.17) is 0 Å². The van der Waals surface area contributed by atoms with Gasteiger partial charge in [0.15, 0.2) is 0 Å². The SMILES string of the molecule is Cc1nc(NCCNC(=O)c2ccc(-c3cccs3)cc2)cc(N2CCCC2)n1. The van der Waals surface area contributed by atoms with Crippen LogP contribution in [0.3, 0.4) is 0 Å². The van der Waals surface area contributed by atoms with Crippen molar-refractivity contribution in [1.29, 1.82) is 0 Å². The third kappa shape index (κ3) is 4.92. The minimum atomic E-state index is -0.0684. The molecule has 7 heteroatoms. The molecule has 1 fully saturated rings. The van der Waals surface area contributed by atoms with Gasteiger partial charge in [0, 0.05) is 42.7 Å². The summed E-state index contributed by atoms with van der Waals surface area (Å²) in [4.78, 5) is 24.9. The molecule has 0 spiro atoms. The van der Waals surface area contributed by atoms with Crippen LogP contribution in [0.5, 0.6) is 0 Å². The second-order valence-electron chi connectivity index (χ2n) is 7.09. The lowest BCUT2D eigenvalue weighted by Gasteiger charge is -2.17. The zero-order chi connectivity index (χ0) is 20.1. The lowest BCUT2D eigenvalue weighted by Crippen LogP contribution is -2.29. The summed E-state index contributed by atoms with van der Waals surface area (Å²) in [5.41, 5.74) is 1.80. The van der Waals surface area contributed by atoms with Crippen molar-refractivity contribution in [2.75, 3.05) is 36.4 Å². The molecular weight excluding hydrogens is 382 g/mol. The molecule has 0 bridgehead atoms. The van der Waals surface area contributed by atoms with Gasteiger partial charge >= 0.3 is 0 Å². The maximum absolute atomic E-state index is 12.4. The Morgan fingerprint density at radius 2 is 1.90 bits per heavy atom. The first kappa shape index (κ1) is 19.4. The molecule has 3 aromatic rings. The number of thiophene rings is 1. The van der Waals surface area contributed by atoms with E-state index in [9.17, 15) is 4.79 Å². The highest BCUT2D eigenvalue weighted by atomic mass is 32.1. The molecule has 3 heterocycles. The Balaban J connectivity index is 1.27. The summed E-state index contributed by atoms with van der Waals surface area (Å²) in [5, 5.41) is 8.30. The highest BCUT2D eigenvalue weighted by Crippen LogP contribution is 2.24. The van der Waals surface area contributed by atoms with Crippen LogP contribution in [0.2, 0.25) is 0 Å². The van der Waals surface area contributed by atoms with Gasteiger partial charge in [-0.2, -0.15) is 0 Å². The van der Waals surface area contributed by atoms with Crippen LogP contribution in [0.25, 0.3) is 10.4 Å². The van der Waals surface area contributed by atoms with Crippen LogP contribution >= 0.6 is 11.3 Å². The monoisotopic (exact) mass is 407 g/mol. The quantitative estimate of drug-likeness (QED) is 0.580. The summed E-state index contributed by atoms with van der Waals surface area (Å²) >= 11 is 1.69. The molecule has 6 nitrogen and oxygen atoms in total. The highest BCUT2D eigenvalue weighted by molar-refractivity contribution is 7.13. The second-order valence-corrected chi connectivity index (χ2v) is 8.04. The number of rotatable bonds is 7. The topological polar surface area (TPSA) is 70.2 Å². The molecule has 2 aromatic heterocycles. The van der Waals surface area contributed by atoms with Crippen molar-refractivity contribution in [3.05, 3.63) is 59.2 Å². The van der Waals surface area contributed by atoms with Crippen molar-refractivity contribution in [1.82, 2.24) is 15.3 Å². The number of carbonyl (C=O) groups excluding carboxylic acids is 1. The van der Waals surface area contributed by atoms with Crippen molar-refractivity contribution in [2.24, 2.45) is 0 Å². The molecule has 1 saturated heterocycles. The fourth-order valence-corrected chi connectivity index (χ4v) is 4.18. The molecule has 150 valence electrons. The maximum atomic E-state index is 12.4. The number of carbonyl (C=O) groups is 1. The van der Waals surface area contributed by atoms with Gasteiger partial charge in [0.2, 0.25) is 0 Å². The minimum absolute atomic E-state index is 0.0684. The van der Waals surface area contributed by atoms with Crippen molar-refractivity contribution in [3.8, 4) is 10.4 Å². The number of hydrogen-bond acceptors (Lipinski definition) is 6. The summed E-state index contributed by atoms with van der Waals surface area (Å²) in [7, 11) is 0. The van der Waals surface area contributed by atoms with Crippen LogP contribution in [0.4, 0.5) is 11.6 Å². The number of amides is 1. The average Bonchev–Trinajstić information content (AvgIpc) is 3.45. The van der Waals surface area contributed by atoms with Gasteiger partial charge < -0.3 is 15.5 Å². The molecule has 0 saturated carbocycles. The van der Waals surface area contributed by atoms with Crippen molar-refractivity contribution < 1.29 is 4.79 Å². The fraction of sp³-hybridized carbons (Fsp3) is 0.318. The van der Waals surface area contributed by atoms with E-state index >= 15 is 0 Å². The first-order chi connectivity index (χ1) is 14.2. The summed E-state index contributed by atoms with van der Waals surface area (Å²) in [6.45, 7) is 5.14. The number of hydrogen-bond donors (Lipinski definition) is 2. The number of aromatic nitrogens is 2. The fourth-order valence-electron chi connectivity index (χ4n) is 3.45. The van der Waals surface area contributed by atoms with Gasteiger partial charge in [-0.3, -0.25) is 4.79 Å². The first-order valence-electron chi connectivity index (χ1n) is 9.96. The number of nitrogens with one attached hydrogen (secondary N) is 2. The molecule has 0 atom stereocenters. The molecule has 1 aromatic carbocycles. The maximum Gasteiger partial charge on any atom is 0.251 e. The Hall–Kier alpha value is -2.93. The van der Waals surface area contributed by atoms with E-state index in [0.717, 1.165) is 36.1 Å². The Morgan fingerprint density at radius 1 is 1.10 bits per heavy atom. The summed E-state index contributed by atoms with van der Waals surface area (Å²) in [6, 6.07) is 13.8. The normalized spacial score (nSPS) is 13.5. The molecule has 1 amide bonds. The number of aryl methyl sites for hydroxylation is 1. The van der Waals surface area contributed by atoms with E-state index in [1.54, 1.807) is 11.3 Å². The Morgan fingerprint density at radius 3 is 2.62 bits per heavy atom. The van der Waals surface area contributed by atoms with Gasteiger partial charge in [0.25, 0.3) is 5.91 Å². The summed E-state index contributed by atoms with van der Waals surface area (Å²) in [6.07, 6.45) is 2.43. The van der Waals surface area contributed by atoms with Crippen LogP contribution in [0.1, 0.15) is 29.0 Å². The standard InChI is InChI=1S/C22H25N5OS/c1-16-25-20(15-21(26-16)27-12-2-3-13-27)23-10-11-24-22(28)18-8-6-17(7-9-18)19-5-4-14-29-19/h4-9,14-15H,2-3,10-13H2,1H3,(H,24,28)(H,23,25,26). The lowest BCUT2D eigenvalue weighted by molar-refractivity contribution is 0.0955. The first-order valence-corrected chi connectivity index (χ1v) is 10.8. The summed E-state index contributed by atoms with van der Waals surface area (Å²) < 4.78 is 0. The molecule has 0 unspecified atom stereocenters. The van der Waals surface area contributed by atoms with E-state index in [0.29, 0.717) is 18.7 Å². The molecule has 29 heavy (non-hydrogen) atoms. The van der Waals surface area contributed by atoms with Gasteiger partial charge in [-0.25, -0.2) is 9.97 Å². The molecule has 1 aliphatic heterocycles. The van der Waals surface area contributed by atoms with Gasteiger partial charge in [0.05, 0.1) is 0 Å². The summed E-state index contributed by atoms with van der Waals surface area (Å²) in [5.74, 6) is 2.47. The second kappa shape index (κ2) is 9.05. The zero-order valence-corrected chi connectivity index (χ0v) is 17.3. The van der Waals surface area contributed by atoms with Gasteiger partial charge in [-0.15, -0.1) is 11.3 Å². The number of anilines is 2. The Bertz CT molecular complexity index is 950. The van der Waals surface area contributed by atoms with Gasteiger partial charge in [0.1, 0.15) is 17.5 Å². The van der Waals surface area contributed by atoms with Gasteiger partial charge in [-0.1, -0.05) is 18.2 Å². The predicted molar refractivity (Wildman–Crippen MR) is 119 cm³/mol. The van der Waals surface area contributed by atoms with Crippen LogP contribution in [0.15, 0.2) is 47.8 Å².